The number of aromatic nitrogens is 1. The smallest absolute Gasteiger partial charge is 0.302 e. The molecule has 0 spiro atoms. The molecule has 2 heterocycles. The van der Waals surface area contributed by atoms with Crippen LogP contribution >= 0.6 is 0 Å². The maximum atomic E-state index is 12.4. The Bertz CT molecular complexity index is 461. The fourth-order valence-corrected chi connectivity index (χ4v) is 2.41. The van der Waals surface area contributed by atoms with Crippen molar-refractivity contribution in [3.63, 3.8) is 0 Å². The van der Waals surface area contributed by atoms with E-state index in [4.69, 9.17) is 4.74 Å². The van der Waals surface area contributed by atoms with Crippen molar-refractivity contribution in [1.82, 2.24) is 9.88 Å². The lowest BCUT2D eigenvalue weighted by Crippen LogP contribution is -2.39. The van der Waals surface area contributed by atoms with Gasteiger partial charge in [-0.25, -0.2) is 0 Å². The fourth-order valence-electron chi connectivity index (χ4n) is 2.41. The van der Waals surface area contributed by atoms with Gasteiger partial charge in [0.2, 0.25) is 0 Å². The standard InChI is InChI=1S/C14H18N2O3/c1-10-7-12(9-19-11(2)17)16(8-10)14(18)13-5-3-4-6-15-13/h3-6,10,12H,7-9H2,1-2H3/t10-,12+/m1/s1. The van der Waals surface area contributed by atoms with Crippen molar-refractivity contribution in [1.29, 1.82) is 0 Å². The van der Waals surface area contributed by atoms with Crippen LogP contribution in [0.5, 0.6) is 0 Å². The molecule has 0 radical (unpaired) electrons. The van der Waals surface area contributed by atoms with Gasteiger partial charge in [-0.3, -0.25) is 14.6 Å². The van der Waals surface area contributed by atoms with Gasteiger partial charge in [0.05, 0.1) is 6.04 Å². The van der Waals surface area contributed by atoms with Gasteiger partial charge in [0.15, 0.2) is 0 Å². The molecule has 1 aliphatic rings. The molecular weight excluding hydrogens is 244 g/mol. The number of hydrogen-bond acceptors (Lipinski definition) is 4. The number of amides is 1. The minimum atomic E-state index is -0.315. The highest BCUT2D eigenvalue weighted by molar-refractivity contribution is 5.92. The molecule has 5 heteroatoms. The fraction of sp³-hybridized carbons (Fsp3) is 0.500. The summed E-state index contributed by atoms with van der Waals surface area (Å²) in [6.45, 7) is 4.41. The molecule has 0 unspecified atom stereocenters. The van der Waals surface area contributed by atoms with Crippen LogP contribution in [0, 0.1) is 5.92 Å². The van der Waals surface area contributed by atoms with Crippen molar-refractivity contribution >= 4 is 11.9 Å². The lowest BCUT2D eigenvalue weighted by Gasteiger charge is -2.23. The molecule has 1 saturated heterocycles. The molecule has 1 aromatic rings. The number of nitrogens with zero attached hydrogens (tertiary/aromatic N) is 2. The number of ether oxygens (including phenoxy) is 1. The maximum absolute atomic E-state index is 12.4. The van der Waals surface area contributed by atoms with Gasteiger partial charge in [-0.15, -0.1) is 0 Å². The third-order valence-corrected chi connectivity index (χ3v) is 3.25. The summed E-state index contributed by atoms with van der Waals surface area (Å²) < 4.78 is 5.04. The number of carbonyl (C=O) groups is 2. The van der Waals surface area contributed by atoms with Crippen molar-refractivity contribution in [2.75, 3.05) is 13.2 Å². The number of carbonyl (C=O) groups excluding carboxylic acids is 2. The van der Waals surface area contributed by atoms with E-state index in [2.05, 4.69) is 11.9 Å². The summed E-state index contributed by atoms with van der Waals surface area (Å²) in [5.41, 5.74) is 0.435. The molecule has 1 fully saturated rings. The van der Waals surface area contributed by atoms with Crippen LogP contribution in [0.2, 0.25) is 0 Å². The Kier molecular flexibility index (Phi) is 4.14. The van der Waals surface area contributed by atoms with E-state index in [1.807, 2.05) is 0 Å². The second-order valence-corrected chi connectivity index (χ2v) is 4.97. The summed E-state index contributed by atoms with van der Waals surface area (Å²) in [4.78, 5) is 29.1. The molecule has 0 aliphatic carbocycles. The Hall–Kier alpha value is -1.91. The highest BCUT2D eigenvalue weighted by Crippen LogP contribution is 2.24. The third-order valence-electron chi connectivity index (χ3n) is 3.25. The topological polar surface area (TPSA) is 59.5 Å². The lowest BCUT2D eigenvalue weighted by atomic mass is 10.1. The average molecular weight is 262 g/mol. The largest absolute Gasteiger partial charge is 0.464 e. The second kappa shape index (κ2) is 5.82. The number of hydrogen-bond donors (Lipinski definition) is 0. The normalized spacial score (nSPS) is 22.3. The summed E-state index contributed by atoms with van der Waals surface area (Å²) in [5.74, 6) is 0.000102. The minimum Gasteiger partial charge on any atom is -0.464 e. The van der Waals surface area contributed by atoms with E-state index in [9.17, 15) is 9.59 Å². The summed E-state index contributed by atoms with van der Waals surface area (Å²) in [6, 6.07) is 5.22. The Morgan fingerprint density at radius 3 is 2.89 bits per heavy atom. The van der Waals surface area contributed by atoms with E-state index in [1.165, 1.54) is 6.92 Å². The van der Waals surface area contributed by atoms with E-state index >= 15 is 0 Å². The first-order valence-corrected chi connectivity index (χ1v) is 6.43. The van der Waals surface area contributed by atoms with Crippen LogP contribution in [-0.2, 0) is 9.53 Å². The molecule has 2 atom stereocenters. The molecule has 0 aromatic carbocycles. The lowest BCUT2D eigenvalue weighted by molar-refractivity contribution is -0.142. The van der Waals surface area contributed by atoms with Crippen LogP contribution < -0.4 is 0 Å². The number of esters is 1. The van der Waals surface area contributed by atoms with E-state index in [0.29, 0.717) is 18.2 Å². The van der Waals surface area contributed by atoms with Crippen molar-refractivity contribution < 1.29 is 14.3 Å². The summed E-state index contributed by atoms with van der Waals surface area (Å²) in [6.07, 6.45) is 2.46. The Balaban J connectivity index is 2.08. The molecule has 0 bridgehead atoms. The van der Waals surface area contributed by atoms with Crippen molar-refractivity contribution in [3.05, 3.63) is 30.1 Å². The molecule has 1 aromatic heterocycles. The second-order valence-electron chi connectivity index (χ2n) is 4.97. The van der Waals surface area contributed by atoms with Crippen molar-refractivity contribution in [2.45, 2.75) is 26.3 Å². The summed E-state index contributed by atoms with van der Waals surface area (Å²) >= 11 is 0. The van der Waals surface area contributed by atoms with Crippen LogP contribution in [0.15, 0.2) is 24.4 Å². The third kappa shape index (κ3) is 3.30. The quantitative estimate of drug-likeness (QED) is 0.774. The zero-order valence-corrected chi connectivity index (χ0v) is 11.2. The highest BCUT2D eigenvalue weighted by Gasteiger charge is 2.34. The summed E-state index contributed by atoms with van der Waals surface area (Å²) in [7, 11) is 0. The molecule has 2 rings (SSSR count). The molecular formula is C14H18N2O3. The van der Waals surface area contributed by atoms with Gasteiger partial charge in [-0.05, 0) is 24.5 Å². The van der Waals surface area contributed by atoms with E-state index in [1.54, 1.807) is 29.3 Å². The Morgan fingerprint density at radius 2 is 2.26 bits per heavy atom. The van der Waals surface area contributed by atoms with Crippen LogP contribution in [0.4, 0.5) is 0 Å². The predicted molar refractivity (Wildman–Crippen MR) is 69.5 cm³/mol. The molecule has 5 nitrogen and oxygen atoms in total. The number of pyridine rings is 1. The number of likely N-dealkylation sites (tertiary alicyclic amines) is 1. The van der Waals surface area contributed by atoms with Gasteiger partial charge in [-0.1, -0.05) is 13.0 Å². The molecule has 1 amide bonds. The Morgan fingerprint density at radius 1 is 1.47 bits per heavy atom. The monoisotopic (exact) mass is 262 g/mol. The number of rotatable bonds is 3. The average Bonchev–Trinajstić information content (AvgIpc) is 2.78. The molecule has 0 saturated carbocycles. The van der Waals surface area contributed by atoms with Crippen LogP contribution in [-0.4, -0.2) is 41.0 Å². The molecule has 0 N–H and O–H groups in total. The molecule has 19 heavy (non-hydrogen) atoms. The zero-order valence-electron chi connectivity index (χ0n) is 11.2. The van der Waals surface area contributed by atoms with E-state index in [-0.39, 0.29) is 24.5 Å². The van der Waals surface area contributed by atoms with Crippen LogP contribution in [0.25, 0.3) is 0 Å². The van der Waals surface area contributed by atoms with Crippen LogP contribution in [0.3, 0.4) is 0 Å². The summed E-state index contributed by atoms with van der Waals surface area (Å²) in [5, 5.41) is 0. The van der Waals surface area contributed by atoms with Gasteiger partial charge in [0, 0.05) is 19.7 Å². The first-order valence-electron chi connectivity index (χ1n) is 6.43. The highest BCUT2D eigenvalue weighted by atomic mass is 16.5. The van der Waals surface area contributed by atoms with E-state index in [0.717, 1.165) is 6.42 Å². The maximum Gasteiger partial charge on any atom is 0.302 e. The predicted octanol–water partition coefficient (Wildman–Crippen LogP) is 1.50. The molecule has 102 valence electrons. The first kappa shape index (κ1) is 13.5. The van der Waals surface area contributed by atoms with Gasteiger partial charge >= 0.3 is 5.97 Å². The van der Waals surface area contributed by atoms with Gasteiger partial charge in [0.1, 0.15) is 12.3 Å². The zero-order chi connectivity index (χ0) is 13.8. The van der Waals surface area contributed by atoms with E-state index < -0.39 is 0 Å². The minimum absolute atomic E-state index is 0.0478. The van der Waals surface area contributed by atoms with Gasteiger partial charge in [-0.2, -0.15) is 0 Å². The molecule has 1 aliphatic heterocycles. The SMILES string of the molecule is CC(=O)OC[C@@H]1C[C@@H](C)CN1C(=O)c1ccccn1. The van der Waals surface area contributed by atoms with Gasteiger partial charge in [0.25, 0.3) is 5.91 Å². The van der Waals surface area contributed by atoms with Crippen LogP contribution in [0.1, 0.15) is 30.8 Å². The van der Waals surface area contributed by atoms with Gasteiger partial charge < -0.3 is 9.64 Å². The van der Waals surface area contributed by atoms with Crippen molar-refractivity contribution in [2.24, 2.45) is 5.92 Å². The first-order chi connectivity index (χ1) is 9.08. The Labute approximate surface area is 112 Å². The van der Waals surface area contributed by atoms with Crippen molar-refractivity contribution in [3.8, 4) is 0 Å².